The molecule has 1 heterocycles. The summed E-state index contributed by atoms with van der Waals surface area (Å²) in [5.41, 5.74) is 4.76. The van der Waals surface area contributed by atoms with E-state index in [0.29, 0.717) is 35.1 Å². The van der Waals surface area contributed by atoms with Crippen LogP contribution in [0, 0.1) is 6.92 Å². The molecule has 5 nitrogen and oxygen atoms in total. The number of hydrogen-bond acceptors (Lipinski definition) is 4. The number of ether oxygens (including phenoxy) is 1. The number of benzene rings is 3. The van der Waals surface area contributed by atoms with Crippen LogP contribution in [0.5, 0.6) is 5.75 Å². The second kappa shape index (κ2) is 9.33. The molecule has 0 spiro atoms. The van der Waals surface area contributed by atoms with Gasteiger partial charge in [0.2, 0.25) is 0 Å². The van der Waals surface area contributed by atoms with Crippen LogP contribution in [0.3, 0.4) is 0 Å². The maximum Gasteiger partial charge on any atom is 0.282 e. The molecule has 5 heteroatoms. The minimum absolute atomic E-state index is 0.257. The molecule has 0 bridgehead atoms. The highest BCUT2D eigenvalue weighted by Gasteiger charge is 2.41. The zero-order valence-electron chi connectivity index (χ0n) is 19.4. The first kappa shape index (κ1) is 22.3. The standard InChI is InChI=1S/C28H28N2O3/c1-5-33-24-9-7-6-8-23(24)30-27(31)25(21-12-10-19(4)11-13-21)26(28(30)32)29-22-16-14-20(15-17-22)18(2)3/h6-18,29H,5H2,1-4H3. The molecule has 0 saturated heterocycles. The van der Waals surface area contributed by atoms with E-state index in [1.165, 1.54) is 10.5 Å². The van der Waals surface area contributed by atoms with Crippen LogP contribution in [0.4, 0.5) is 11.4 Å². The van der Waals surface area contributed by atoms with Crippen LogP contribution in [0.1, 0.15) is 43.4 Å². The Balaban J connectivity index is 1.79. The van der Waals surface area contributed by atoms with E-state index in [0.717, 1.165) is 11.3 Å². The molecule has 3 aromatic carbocycles. The van der Waals surface area contributed by atoms with Crippen molar-refractivity contribution in [3.05, 3.63) is 95.2 Å². The quantitative estimate of drug-likeness (QED) is 0.464. The predicted molar refractivity (Wildman–Crippen MR) is 132 cm³/mol. The van der Waals surface area contributed by atoms with Crippen LogP contribution in [-0.4, -0.2) is 18.4 Å². The molecule has 2 amide bonds. The lowest BCUT2D eigenvalue weighted by molar-refractivity contribution is -0.120. The molecular formula is C28H28N2O3. The van der Waals surface area contributed by atoms with Crippen LogP contribution < -0.4 is 15.0 Å². The molecule has 0 saturated carbocycles. The van der Waals surface area contributed by atoms with Crippen molar-refractivity contribution in [3.8, 4) is 5.75 Å². The number of anilines is 2. The smallest absolute Gasteiger partial charge is 0.282 e. The third kappa shape index (κ3) is 4.40. The number of aryl methyl sites for hydroxylation is 1. The van der Waals surface area contributed by atoms with Gasteiger partial charge in [0, 0.05) is 5.69 Å². The summed E-state index contributed by atoms with van der Waals surface area (Å²) in [4.78, 5) is 28.5. The van der Waals surface area contributed by atoms with Gasteiger partial charge in [-0.1, -0.05) is 67.9 Å². The molecule has 1 aliphatic rings. The van der Waals surface area contributed by atoms with E-state index in [1.807, 2.05) is 68.4 Å². The lowest BCUT2D eigenvalue weighted by atomic mass is 10.0. The number of nitrogens with zero attached hydrogens (tertiary/aromatic N) is 1. The van der Waals surface area contributed by atoms with Gasteiger partial charge >= 0.3 is 0 Å². The molecule has 0 aromatic heterocycles. The largest absolute Gasteiger partial charge is 0.492 e. The Hall–Kier alpha value is -3.86. The van der Waals surface area contributed by atoms with Crippen molar-refractivity contribution in [2.75, 3.05) is 16.8 Å². The van der Waals surface area contributed by atoms with E-state index >= 15 is 0 Å². The van der Waals surface area contributed by atoms with E-state index < -0.39 is 5.91 Å². The number of hydrogen-bond donors (Lipinski definition) is 1. The minimum Gasteiger partial charge on any atom is -0.492 e. The van der Waals surface area contributed by atoms with Crippen molar-refractivity contribution >= 4 is 28.8 Å². The Bertz CT molecular complexity index is 1210. The first-order valence-electron chi connectivity index (χ1n) is 11.2. The van der Waals surface area contributed by atoms with Crippen LogP contribution in [0.15, 0.2) is 78.5 Å². The Kier molecular flexibility index (Phi) is 6.31. The number of carbonyl (C=O) groups is 2. The summed E-state index contributed by atoms with van der Waals surface area (Å²) in [5.74, 6) is 0.113. The van der Waals surface area contributed by atoms with Crippen molar-refractivity contribution in [2.24, 2.45) is 0 Å². The lowest BCUT2D eigenvalue weighted by Gasteiger charge is -2.19. The fourth-order valence-corrected chi connectivity index (χ4v) is 3.87. The second-order valence-corrected chi connectivity index (χ2v) is 8.36. The number of nitrogens with one attached hydrogen (secondary N) is 1. The van der Waals surface area contributed by atoms with Gasteiger partial charge < -0.3 is 10.1 Å². The van der Waals surface area contributed by atoms with Gasteiger partial charge in [0.1, 0.15) is 11.4 Å². The van der Waals surface area contributed by atoms with Crippen molar-refractivity contribution < 1.29 is 14.3 Å². The highest BCUT2D eigenvalue weighted by atomic mass is 16.5. The Labute approximate surface area is 194 Å². The second-order valence-electron chi connectivity index (χ2n) is 8.36. The molecule has 4 rings (SSSR count). The van der Waals surface area contributed by atoms with Gasteiger partial charge in [-0.2, -0.15) is 0 Å². The third-order valence-electron chi connectivity index (χ3n) is 5.68. The molecule has 1 N–H and O–H groups in total. The Morgan fingerprint density at radius 3 is 2.18 bits per heavy atom. The molecule has 0 radical (unpaired) electrons. The van der Waals surface area contributed by atoms with Crippen molar-refractivity contribution in [1.82, 2.24) is 0 Å². The van der Waals surface area contributed by atoms with Gasteiger partial charge in [-0.25, -0.2) is 4.90 Å². The van der Waals surface area contributed by atoms with E-state index in [4.69, 9.17) is 4.74 Å². The zero-order chi connectivity index (χ0) is 23.5. The number of para-hydroxylation sites is 2. The van der Waals surface area contributed by atoms with Gasteiger partial charge in [0.05, 0.1) is 17.9 Å². The molecule has 3 aromatic rings. The number of imide groups is 1. The third-order valence-corrected chi connectivity index (χ3v) is 5.68. The molecule has 0 aliphatic carbocycles. The average molecular weight is 441 g/mol. The van der Waals surface area contributed by atoms with E-state index in [9.17, 15) is 9.59 Å². The van der Waals surface area contributed by atoms with Gasteiger partial charge in [0.15, 0.2) is 0 Å². The molecule has 168 valence electrons. The van der Waals surface area contributed by atoms with E-state index in [-0.39, 0.29) is 11.6 Å². The van der Waals surface area contributed by atoms with Crippen LogP contribution in [0.2, 0.25) is 0 Å². The maximum absolute atomic E-state index is 13.7. The molecule has 0 atom stereocenters. The topological polar surface area (TPSA) is 58.6 Å². The van der Waals surface area contributed by atoms with E-state index in [2.05, 4.69) is 19.2 Å². The van der Waals surface area contributed by atoms with Gasteiger partial charge in [-0.15, -0.1) is 0 Å². The number of rotatable bonds is 7. The highest BCUT2D eigenvalue weighted by Crippen LogP contribution is 2.38. The van der Waals surface area contributed by atoms with Crippen LogP contribution >= 0.6 is 0 Å². The van der Waals surface area contributed by atoms with Crippen LogP contribution in [0.25, 0.3) is 5.57 Å². The summed E-state index contributed by atoms with van der Waals surface area (Å²) in [6, 6.07) is 22.7. The first-order valence-corrected chi connectivity index (χ1v) is 11.2. The summed E-state index contributed by atoms with van der Waals surface area (Å²) in [6.07, 6.45) is 0. The maximum atomic E-state index is 13.7. The minimum atomic E-state index is -0.407. The average Bonchev–Trinajstić information content (AvgIpc) is 3.05. The molecule has 0 unspecified atom stereocenters. The zero-order valence-corrected chi connectivity index (χ0v) is 19.4. The number of carbonyl (C=O) groups excluding carboxylic acids is 2. The van der Waals surface area contributed by atoms with Crippen molar-refractivity contribution in [2.45, 2.75) is 33.6 Å². The van der Waals surface area contributed by atoms with Crippen molar-refractivity contribution in [3.63, 3.8) is 0 Å². The summed E-state index contributed by atoms with van der Waals surface area (Å²) < 4.78 is 5.71. The van der Waals surface area contributed by atoms with Crippen molar-refractivity contribution in [1.29, 1.82) is 0 Å². The monoisotopic (exact) mass is 440 g/mol. The summed E-state index contributed by atoms with van der Waals surface area (Å²) in [6.45, 7) is 8.55. The summed E-state index contributed by atoms with van der Waals surface area (Å²) in [7, 11) is 0. The molecule has 1 aliphatic heterocycles. The van der Waals surface area contributed by atoms with E-state index in [1.54, 1.807) is 18.2 Å². The summed E-state index contributed by atoms with van der Waals surface area (Å²) in [5, 5.41) is 3.23. The van der Waals surface area contributed by atoms with Gasteiger partial charge in [-0.05, 0) is 55.2 Å². The Morgan fingerprint density at radius 2 is 1.55 bits per heavy atom. The molecule has 33 heavy (non-hydrogen) atoms. The lowest BCUT2D eigenvalue weighted by Crippen LogP contribution is -2.32. The highest BCUT2D eigenvalue weighted by molar-refractivity contribution is 6.46. The fraction of sp³-hybridized carbons (Fsp3) is 0.214. The van der Waals surface area contributed by atoms with Gasteiger partial charge in [0.25, 0.3) is 11.8 Å². The normalized spacial score (nSPS) is 13.8. The Morgan fingerprint density at radius 1 is 0.879 bits per heavy atom. The SMILES string of the molecule is CCOc1ccccc1N1C(=O)C(Nc2ccc(C(C)C)cc2)=C(c2ccc(C)cc2)C1=O. The molecule has 0 fully saturated rings. The number of amides is 2. The van der Waals surface area contributed by atoms with Gasteiger partial charge in [-0.3, -0.25) is 9.59 Å². The predicted octanol–water partition coefficient (Wildman–Crippen LogP) is 5.91. The first-order chi connectivity index (χ1) is 15.9. The fourth-order valence-electron chi connectivity index (χ4n) is 3.87. The molecular weight excluding hydrogens is 412 g/mol. The summed E-state index contributed by atoms with van der Waals surface area (Å²) >= 11 is 0. The van der Waals surface area contributed by atoms with Crippen LogP contribution in [-0.2, 0) is 9.59 Å².